The summed E-state index contributed by atoms with van der Waals surface area (Å²) in [5, 5.41) is 0. The van der Waals surface area contributed by atoms with Gasteiger partial charge in [-0.1, -0.05) is 51.6 Å². The molecular formula is C11H22Si. The van der Waals surface area contributed by atoms with E-state index in [1.165, 1.54) is 19.3 Å². The Morgan fingerprint density at radius 1 is 1.33 bits per heavy atom. The van der Waals surface area contributed by atoms with Crippen molar-refractivity contribution in [3.63, 3.8) is 0 Å². The molecule has 1 fully saturated rings. The fourth-order valence-electron chi connectivity index (χ4n) is 2.31. The number of rotatable bonds is 4. The zero-order valence-corrected chi connectivity index (χ0v) is 9.98. The Balaban J connectivity index is 2.38. The summed E-state index contributed by atoms with van der Waals surface area (Å²) in [6, 6.07) is 0. The number of unbranched alkanes of at least 4 members (excludes halogenated alkanes) is 1. The zero-order valence-electron chi connectivity index (χ0n) is 8.98. The molecule has 0 heterocycles. The van der Waals surface area contributed by atoms with Gasteiger partial charge in [-0.25, -0.2) is 0 Å². The molecular weight excluding hydrogens is 160 g/mol. The van der Waals surface area contributed by atoms with Crippen LogP contribution < -0.4 is 0 Å². The lowest BCUT2D eigenvalue weighted by atomic mass is 10.2. The summed E-state index contributed by atoms with van der Waals surface area (Å²) in [5.74, 6) is 0.914. The van der Waals surface area contributed by atoms with Crippen molar-refractivity contribution >= 4 is 8.07 Å². The lowest BCUT2D eigenvalue weighted by molar-refractivity contribution is 0.665. The first-order valence-corrected chi connectivity index (χ1v) is 8.75. The van der Waals surface area contributed by atoms with Gasteiger partial charge in [0.25, 0.3) is 0 Å². The molecule has 1 heteroatoms. The SMILES string of the molecule is C=C1C(CCCC)C1[Si](C)(C)C. The summed E-state index contributed by atoms with van der Waals surface area (Å²) in [6.07, 6.45) is 4.14. The number of allylic oxidation sites excluding steroid dienone is 1. The minimum Gasteiger partial charge on any atom is -0.0996 e. The quantitative estimate of drug-likeness (QED) is 0.454. The average molecular weight is 182 g/mol. The first-order chi connectivity index (χ1) is 5.48. The van der Waals surface area contributed by atoms with E-state index in [2.05, 4.69) is 33.1 Å². The normalized spacial score (nSPS) is 29.2. The molecule has 1 rings (SSSR count). The van der Waals surface area contributed by atoms with Crippen LogP contribution in [0.3, 0.4) is 0 Å². The summed E-state index contributed by atoms with van der Waals surface area (Å²) in [4.78, 5) is 0. The average Bonchev–Trinajstić information content (AvgIpc) is 2.56. The molecule has 0 aliphatic heterocycles. The number of hydrogen-bond acceptors (Lipinski definition) is 0. The van der Waals surface area contributed by atoms with Gasteiger partial charge in [0.2, 0.25) is 0 Å². The molecule has 0 aromatic rings. The summed E-state index contributed by atoms with van der Waals surface area (Å²) in [6.45, 7) is 13.9. The Labute approximate surface area is 78.1 Å². The molecule has 1 aliphatic rings. The van der Waals surface area contributed by atoms with Crippen molar-refractivity contribution in [1.29, 1.82) is 0 Å². The molecule has 0 radical (unpaired) electrons. The van der Waals surface area contributed by atoms with Gasteiger partial charge in [0.15, 0.2) is 0 Å². The van der Waals surface area contributed by atoms with Crippen LogP contribution in [-0.4, -0.2) is 8.07 Å². The number of hydrogen-bond donors (Lipinski definition) is 0. The van der Waals surface area contributed by atoms with Crippen molar-refractivity contribution in [3.05, 3.63) is 12.2 Å². The van der Waals surface area contributed by atoms with Gasteiger partial charge in [-0.3, -0.25) is 0 Å². The van der Waals surface area contributed by atoms with Crippen LogP contribution in [0.15, 0.2) is 12.2 Å². The monoisotopic (exact) mass is 182 g/mol. The predicted octanol–water partition coefficient (Wildman–Crippen LogP) is 4.07. The van der Waals surface area contributed by atoms with Crippen molar-refractivity contribution in [2.45, 2.75) is 51.4 Å². The van der Waals surface area contributed by atoms with Gasteiger partial charge in [0.1, 0.15) is 0 Å². The molecule has 1 saturated carbocycles. The highest BCUT2D eigenvalue weighted by Crippen LogP contribution is 2.58. The molecule has 0 N–H and O–H groups in total. The lowest BCUT2D eigenvalue weighted by Gasteiger charge is -2.14. The second kappa shape index (κ2) is 3.37. The third-order valence-corrected chi connectivity index (χ3v) is 5.61. The fraction of sp³-hybridized carbons (Fsp3) is 0.818. The van der Waals surface area contributed by atoms with Crippen LogP contribution in [0.2, 0.25) is 25.2 Å². The molecule has 0 nitrogen and oxygen atoms in total. The maximum Gasteiger partial charge on any atom is 0.0524 e. The van der Waals surface area contributed by atoms with Crippen LogP contribution in [0, 0.1) is 5.92 Å². The Kier molecular flexibility index (Phi) is 2.82. The third-order valence-electron chi connectivity index (χ3n) is 2.97. The Bertz CT molecular complexity index is 176. The minimum absolute atomic E-state index is 0.899. The van der Waals surface area contributed by atoms with E-state index in [4.69, 9.17) is 0 Å². The van der Waals surface area contributed by atoms with Crippen LogP contribution >= 0.6 is 0 Å². The van der Waals surface area contributed by atoms with Crippen molar-refractivity contribution in [1.82, 2.24) is 0 Å². The molecule has 0 bridgehead atoms. The van der Waals surface area contributed by atoms with Gasteiger partial charge in [-0.2, -0.15) is 0 Å². The summed E-state index contributed by atoms with van der Waals surface area (Å²) >= 11 is 0. The van der Waals surface area contributed by atoms with Crippen molar-refractivity contribution < 1.29 is 0 Å². The molecule has 0 aromatic carbocycles. The van der Waals surface area contributed by atoms with E-state index in [9.17, 15) is 0 Å². The lowest BCUT2D eigenvalue weighted by Crippen LogP contribution is -2.20. The summed E-state index contributed by atoms with van der Waals surface area (Å²) in [7, 11) is -0.899. The van der Waals surface area contributed by atoms with Crippen LogP contribution in [0.5, 0.6) is 0 Å². The fourth-order valence-corrected chi connectivity index (χ4v) is 5.13. The largest absolute Gasteiger partial charge is 0.0996 e. The van der Waals surface area contributed by atoms with E-state index in [0.717, 1.165) is 11.5 Å². The highest BCUT2D eigenvalue weighted by Gasteiger charge is 2.49. The first-order valence-electron chi connectivity index (χ1n) is 5.17. The van der Waals surface area contributed by atoms with E-state index >= 15 is 0 Å². The zero-order chi connectivity index (χ0) is 9.35. The molecule has 0 spiro atoms. The highest BCUT2D eigenvalue weighted by molar-refractivity contribution is 6.79. The van der Waals surface area contributed by atoms with Crippen molar-refractivity contribution in [3.8, 4) is 0 Å². The molecule has 2 atom stereocenters. The van der Waals surface area contributed by atoms with Crippen molar-refractivity contribution in [2.24, 2.45) is 5.92 Å². The van der Waals surface area contributed by atoms with Gasteiger partial charge in [-0.05, 0) is 17.9 Å². The standard InChI is InChI=1S/C11H22Si/c1-6-7-8-10-9(2)11(10)12(3,4)5/h10-11H,2,6-8H2,1,3-5H3. The molecule has 2 unspecified atom stereocenters. The van der Waals surface area contributed by atoms with E-state index in [-0.39, 0.29) is 0 Å². The highest BCUT2D eigenvalue weighted by atomic mass is 28.3. The van der Waals surface area contributed by atoms with Gasteiger partial charge in [0.05, 0.1) is 8.07 Å². The molecule has 0 saturated heterocycles. The molecule has 0 aromatic heterocycles. The van der Waals surface area contributed by atoms with Gasteiger partial charge in [-0.15, -0.1) is 0 Å². The maximum absolute atomic E-state index is 4.18. The van der Waals surface area contributed by atoms with Crippen LogP contribution in [-0.2, 0) is 0 Å². The van der Waals surface area contributed by atoms with Crippen LogP contribution in [0.25, 0.3) is 0 Å². The minimum atomic E-state index is -0.899. The Hall–Kier alpha value is -0.0431. The van der Waals surface area contributed by atoms with E-state index in [0.29, 0.717) is 0 Å². The van der Waals surface area contributed by atoms with E-state index < -0.39 is 8.07 Å². The van der Waals surface area contributed by atoms with E-state index in [1.807, 2.05) is 0 Å². The van der Waals surface area contributed by atoms with Gasteiger partial charge < -0.3 is 0 Å². The molecule has 70 valence electrons. The second-order valence-electron chi connectivity index (χ2n) is 5.17. The van der Waals surface area contributed by atoms with Crippen LogP contribution in [0.1, 0.15) is 26.2 Å². The van der Waals surface area contributed by atoms with Crippen molar-refractivity contribution in [2.75, 3.05) is 0 Å². The summed E-state index contributed by atoms with van der Waals surface area (Å²) < 4.78 is 0. The van der Waals surface area contributed by atoms with Gasteiger partial charge >= 0.3 is 0 Å². The molecule has 12 heavy (non-hydrogen) atoms. The predicted molar refractivity (Wildman–Crippen MR) is 59.3 cm³/mol. The third kappa shape index (κ3) is 2.01. The first kappa shape index (κ1) is 10.0. The molecule has 0 amide bonds. The second-order valence-corrected chi connectivity index (χ2v) is 10.5. The van der Waals surface area contributed by atoms with Gasteiger partial charge in [0, 0.05) is 0 Å². The Morgan fingerprint density at radius 2 is 1.92 bits per heavy atom. The van der Waals surface area contributed by atoms with E-state index in [1.54, 1.807) is 5.57 Å². The smallest absolute Gasteiger partial charge is 0.0524 e. The Morgan fingerprint density at radius 3 is 2.25 bits per heavy atom. The summed E-state index contributed by atoms with van der Waals surface area (Å²) in [5.41, 5.74) is 2.52. The van der Waals surface area contributed by atoms with Crippen LogP contribution in [0.4, 0.5) is 0 Å². The maximum atomic E-state index is 4.18. The topological polar surface area (TPSA) is 0 Å². The molecule has 1 aliphatic carbocycles.